The summed E-state index contributed by atoms with van der Waals surface area (Å²) in [7, 11) is 0. The number of aliphatic hydroxyl groups excluding tert-OH is 2. The third-order valence-electron chi connectivity index (χ3n) is 0.396. The Labute approximate surface area is 41.4 Å². The molecule has 0 aromatic rings. The molecule has 2 nitrogen and oxygen atoms in total. The minimum absolute atomic E-state index is 0.155. The first-order valence-corrected chi connectivity index (χ1v) is 2.10. The van der Waals surface area contributed by atoms with Crippen molar-refractivity contribution in [2.45, 2.75) is 5.38 Å². The van der Waals surface area contributed by atoms with Gasteiger partial charge in [0.2, 0.25) is 0 Å². The quantitative estimate of drug-likeness (QED) is 0.474. The smallest absolute Gasteiger partial charge is 0.0797 e. The molecule has 2 N–H and O–H groups in total. The summed E-state index contributed by atoms with van der Waals surface area (Å²) >= 11 is 5.15. The van der Waals surface area contributed by atoms with Gasteiger partial charge in [-0.15, -0.1) is 11.6 Å². The van der Waals surface area contributed by atoms with Gasteiger partial charge in [0.1, 0.15) is 0 Å². The zero-order chi connectivity index (χ0) is 4.99. The summed E-state index contributed by atoms with van der Waals surface area (Å²) in [5, 5.41) is 15.6. The van der Waals surface area contributed by atoms with Crippen molar-refractivity contribution in [2.24, 2.45) is 0 Å². The van der Waals surface area contributed by atoms with Gasteiger partial charge in [0.15, 0.2) is 0 Å². The van der Waals surface area contributed by atoms with E-state index >= 15 is 0 Å². The van der Waals surface area contributed by atoms with Crippen LogP contribution in [0.2, 0.25) is 0 Å². The van der Waals surface area contributed by atoms with E-state index in [0.717, 1.165) is 0 Å². The first kappa shape index (κ1) is 6.21. The second kappa shape index (κ2) is 3.40. The molecule has 0 spiro atoms. The largest absolute Gasteiger partial charge is 0.395 e. The molecule has 0 fully saturated rings. The SMILES string of the molecule is OCC(Cl)CO. The highest BCUT2D eigenvalue weighted by Gasteiger charge is 1.94. The molecule has 0 aromatic heterocycles. The Balaban J connectivity index is 2.75. The lowest BCUT2D eigenvalue weighted by atomic mass is 10.5. The number of aliphatic hydroxyl groups is 2. The van der Waals surface area contributed by atoms with Crippen LogP contribution in [-0.2, 0) is 0 Å². The summed E-state index contributed by atoms with van der Waals surface area (Å²) in [5.41, 5.74) is 0. The van der Waals surface area contributed by atoms with E-state index in [9.17, 15) is 0 Å². The fourth-order valence-corrected chi connectivity index (χ4v) is 0.0577. The van der Waals surface area contributed by atoms with Crippen LogP contribution in [0.15, 0.2) is 0 Å². The summed E-state index contributed by atoms with van der Waals surface area (Å²) in [6.07, 6.45) is 0. The maximum absolute atomic E-state index is 8.04. The molecule has 0 heterocycles. The van der Waals surface area contributed by atoms with Gasteiger partial charge in [0.05, 0.1) is 18.6 Å². The Hall–Kier alpha value is 0.210. The molecule has 0 aliphatic carbocycles. The minimum Gasteiger partial charge on any atom is -0.395 e. The number of hydrogen-bond donors (Lipinski definition) is 2. The van der Waals surface area contributed by atoms with Crippen molar-refractivity contribution in [3.63, 3.8) is 0 Å². The highest BCUT2D eigenvalue weighted by Crippen LogP contribution is 1.88. The average Bonchev–Trinajstić information content (AvgIpc) is 1.65. The first-order chi connectivity index (χ1) is 2.81. The maximum atomic E-state index is 8.04. The van der Waals surface area contributed by atoms with Crippen molar-refractivity contribution in [3.05, 3.63) is 0 Å². The van der Waals surface area contributed by atoms with Gasteiger partial charge in [-0.25, -0.2) is 0 Å². The van der Waals surface area contributed by atoms with Crippen molar-refractivity contribution in [1.29, 1.82) is 0 Å². The van der Waals surface area contributed by atoms with Crippen LogP contribution < -0.4 is 0 Å². The molecule has 0 radical (unpaired) electrons. The third kappa shape index (κ3) is 2.45. The fourth-order valence-electron chi connectivity index (χ4n) is 0.0577. The third-order valence-corrected chi connectivity index (χ3v) is 0.672. The molecule has 0 amide bonds. The number of alkyl halides is 1. The highest BCUT2D eigenvalue weighted by atomic mass is 35.5. The highest BCUT2D eigenvalue weighted by molar-refractivity contribution is 6.20. The van der Waals surface area contributed by atoms with E-state index in [-0.39, 0.29) is 13.2 Å². The molecule has 38 valence electrons. The Kier molecular flexibility index (Phi) is 3.52. The van der Waals surface area contributed by atoms with E-state index < -0.39 is 5.38 Å². The molecule has 0 rings (SSSR count). The second-order valence-electron chi connectivity index (χ2n) is 0.962. The van der Waals surface area contributed by atoms with Gasteiger partial charge >= 0.3 is 0 Å². The van der Waals surface area contributed by atoms with Crippen LogP contribution >= 0.6 is 11.6 Å². The van der Waals surface area contributed by atoms with Crippen LogP contribution in [0, 0.1) is 0 Å². The average molecular weight is 111 g/mol. The molecule has 3 heteroatoms. The normalized spacial score (nSPS) is 10.0. The molecule has 0 saturated carbocycles. The molecule has 0 atom stereocenters. The topological polar surface area (TPSA) is 40.5 Å². The molecule has 0 unspecified atom stereocenters. The van der Waals surface area contributed by atoms with Crippen LogP contribution in [0.5, 0.6) is 0 Å². The summed E-state index contributed by atoms with van der Waals surface area (Å²) in [6.45, 7) is -0.309. The van der Waals surface area contributed by atoms with Gasteiger partial charge in [-0.05, 0) is 0 Å². The zero-order valence-electron chi connectivity index (χ0n) is 3.26. The molecule has 0 saturated heterocycles. The summed E-state index contributed by atoms with van der Waals surface area (Å²) < 4.78 is 0. The Morgan fingerprint density at radius 3 is 1.67 bits per heavy atom. The first-order valence-electron chi connectivity index (χ1n) is 1.67. The van der Waals surface area contributed by atoms with Gasteiger partial charge in [-0.1, -0.05) is 0 Å². The lowest BCUT2D eigenvalue weighted by molar-refractivity contribution is 0.226. The van der Waals surface area contributed by atoms with Crippen molar-refractivity contribution in [3.8, 4) is 0 Å². The van der Waals surface area contributed by atoms with Crippen LogP contribution in [0.3, 0.4) is 0 Å². The maximum Gasteiger partial charge on any atom is 0.0797 e. The predicted molar refractivity (Wildman–Crippen MR) is 23.8 cm³/mol. The van der Waals surface area contributed by atoms with Crippen molar-refractivity contribution >= 4 is 11.6 Å². The standard InChI is InChI=1S/C3H7ClO2/c4-3(1-5)2-6/h3,5-6H,1-2H2. The molecular weight excluding hydrogens is 103 g/mol. The van der Waals surface area contributed by atoms with Crippen molar-refractivity contribution in [1.82, 2.24) is 0 Å². The van der Waals surface area contributed by atoms with E-state index in [1.165, 1.54) is 0 Å². The monoisotopic (exact) mass is 110 g/mol. The predicted octanol–water partition coefficient (Wildman–Crippen LogP) is -0.422. The van der Waals surface area contributed by atoms with Crippen molar-refractivity contribution < 1.29 is 10.2 Å². The van der Waals surface area contributed by atoms with Crippen LogP contribution in [0.25, 0.3) is 0 Å². The van der Waals surface area contributed by atoms with E-state index in [0.29, 0.717) is 0 Å². The Bertz CT molecular complexity index is 28.0. The molecule has 0 aliphatic rings. The zero-order valence-corrected chi connectivity index (χ0v) is 4.02. The van der Waals surface area contributed by atoms with Gasteiger partial charge < -0.3 is 10.2 Å². The number of halogens is 1. The second-order valence-corrected chi connectivity index (χ2v) is 1.58. The van der Waals surface area contributed by atoms with Crippen LogP contribution in [-0.4, -0.2) is 28.8 Å². The van der Waals surface area contributed by atoms with Gasteiger partial charge in [0, 0.05) is 0 Å². The lowest BCUT2D eigenvalue weighted by Gasteiger charge is -1.94. The molecule has 0 bridgehead atoms. The van der Waals surface area contributed by atoms with Gasteiger partial charge in [-0.3, -0.25) is 0 Å². The van der Waals surface area contributed by atoms with E-state index in [4.69, 9.17) is 21.8 Å². The minimum atomic E-state index is -0.481. The summed E-state index contributed by atoms with van der Waals surface area (Å²) in [5.74, 6) is 0. The van der Waals surface area contributed by atoms with Crippen LogP contribution in [0.4, 0.5) is 0 Å². The summed E-state index contributed by atoms with van der Waals surface area (Å²) in [6, 6.07) is 0. The van der Waals surface area contributed by atoms with Crippen LogP contribution in [0.1, 0.15) is 0 Å². The van der Waals surface area contributed by atoms with E-state index in [1.807, 2.05) is 0 Å². The molecule has 6 heavy (non-hydrogen) atoms. The van der Waals surface area contributed by atoms with Gasteiger partial charge in [-0.2, -0.15) is 0 Å². The van der Waals surface area contributed by atoms with E-state index in [2.05, 4.69) is 0 Å². The number of rotatable bonds is 2. The van der Waals surface area contributed by atoms with Crippen molar-refractivity contribution in [2.75, 3.05) is 13.2 Å². The Morgan fingerprint density at radius 2 is 1.67 bits per heavy atom. The molecule has 0 aliphatic heterocycles. The summed E-state index contributed by atoms with van der Waals surface area (Å²) in [4.78, 5) is 0. The Morgan fingerprint density at radius 1 is 1.33 bits per heavy atom. The van der Waals surface area contributed by atoms with E-state index in [1.54, 1.807) is 0 Å². The number of hydrogen-bond acceptors (Lipinski definition) is 2. The lowest BCUT2D eigenvalue weighted by Crippen LogP contribution is -2.08. The fraction of sp³-hybridized carbons (Fsp3) is 1.00. The molecule has 0 aromatic carbocycles. The van der Waals surface area contributed by atoms with Gasteiger partial charge in [0.25, 0.3) is 0 Å². The molecular formula is C3H7ClO2.